The minimum atomic E-state index is -1.92. The lowest BCUT2D eigenvalue weighted by Gasteiger charge is -2.32. The highest BCUT2D eigenvalue weighted by atomic mass is 32.2. The minimum absolute atomic E-state index is 0.143. The van der Waals surface area contributed by atoms with Gasteiger partial charge in [0.2, 0.25) is 0 Å². The predicted octanol–water partition coefficient (Wildman–Crippen LogP) is 3.28. The molecular weight excluding hydrogens is 399 g/mol. The number of halogens is 2. The zero-order valence-corrected chi connectivity index (χ0v) is 17.2. The van der Waals surface area contributed by atoms with E-state index in [2.05, 4.69) is 14.7 Å². The van der Waals surface area contributed by atoms with Gasteiger partial charge in [0, 0.05) is 29.3 Å². The summed E-state index contributed by atoms with van der Waals surface area (Å²) in [6.45, 7) is 7.84. The largest absolute Gasteiger partial charge is 0.496 e. The average molecular weight is 419 g/mol. The Balaban J connectivity index is 1.63. The maximum atomic E-state index is 13.9. The van der Waals surface area contributed by atoms with E-state index < -0.39 is 40.9 Å². The zero-order valence-electron chi connectivity index (χ0n) is 16.4. The lowest BCUT2D eigenvalue weighted by molar-refractivity contribution is 0.00578. The SMILES string of the molecule is CC1(C)OB(c2cnc3[nH]cc(NS(=O)c4ccc(F)cc4F)c3c2)OC1(C)C. The highest BCUT2D eigenvalue weighted by molar-refractivity contribution is 7.86. The van der Waals surface area contributed by atoms with Crippen LogP contribution in [0.2, 0.25) is 0 Å². The Labute approximate surface area is 169 Å². The van der Waals surface area contributed by atoms with Gasteiger partial charge in [0.05, 0.1) is 21.8 Å². The topological polar surface area (TPSA) is 76.2 Å². The molecule has 1 aliphatic rings. The second-order valence-corrected chi connectivity index (χ2v) is 9.08. The van der Waals surface area contributed by atoms with Crippen molar-refractivity contribution < 1.29 is 22.3 Å². The molecule has 1 unspecified atom stereocenters. The molecule has 152 valence electrons. The molecule has 2 aromatic heterocycles. The summed E-state index contributed by atoms with van der Waals surface area (Å²) < 4.78 is 54.4. The van der Waals surface area contributed by atoms with Crippen LogP contribution >= 0.6 is 0 Å². The summed E-state index contributed by atoms with van der Waals surface area (Å²) in [6, 6.07) is 4.73. The van der Waals surface area contributed by atoms with E-state index in [0.717, 1.165) is 12.1 Å². The van der Waals surface area contributed by atoms with Crippen molar-refractivity contribution in [1.29, 1.82) is 0 Å². The number of rotatable bonds is 4. The van der Waals surface area contributed by atoms with Crippen LogP contribution in [0.5, 0.6) is 0 Å². The smallest absolute Gasteiger partial charge is 0.399 e. The molecule has 1 saturated heterocycles. The van der Waals surface area contributed by atoms with E-state index in [1.54, 1.807) is 12.4 Å². The van der Waals surface area contributed by atoms with Crippen molar-refractivity contribution in [3.8, 4) is 0 Å². The second-order valence-electron chi connectivity index (χ2n) is 7.90. The Kier molecular flexibility index (Phi) is 4.75. The number of H-pyrrole nitrogens is 1. The third kappa shape index (κ3) is 3.56. The first-order valence-electron chi connectivity index (χ1n) is 9.03. The van der Waals surface area contributed by atoms with Gasteiger partial charge in [-0.1, -0.05) is 0 Å². The van der Waals surface area contributed by atoms with E-state index in [0.29, 0.717) is 28.2 Å². The first-order chi connectivity index (χ1) is 13.6. The third-order valence-corrected chi connectivity index (χ3v) is 6.51. The van der Waals surface area contributed by atoms with E-state index in [-0.39, 0.29) is 4.90 Å². The highest BCUT2D eigenvalue weighted by Crippen LogP contribution is 2.36. The van der Waals surface area contributed by atoms with Crippen LogP contribution in [-0.4, -0.2) is 32.5 Å². The average Bonchev–Trinajstić information content (AvgIpc) is 3.12. The summed E-state index contributed by atoms with van der Waals surface area (Å²) in [7, 11) is -2.52. The predicted molar refractivity (Wildman–Crippen MR) is 108 cm³/mol. The molecule has 2 N–H and O–H groups in total. The Morgan fingerprint density at radius 3 is 2.48 bits per heavy atom. The number of benzene rings is 1. The first kappa shape index (κ1) is 20.0. The number of aromatic amines is 1. The number of hydrogen-bond acceptors (Lipinski definition) is 4. The molecular formula is C19H20BF2N3O3S. The molecule has 1 fully saturated rings. The van der Waals surface area contributed by atoms with Gasteiger partial charge >= 0.3 is 7.12 Å². The van der Waals surface area contributed by atoms with Crippen molar-refractivity contribution in [3.63, 3.8) is 0 Å². The Morgan fingerprint density at radius 1 is 1.14 bits per heavy atom. The fraction of sp³-hybridized carbons (Fsp3) is 0.316. The highest BCUT2D eigenvalue weighted by Gasteiger charge is 2.51. The van der Waals surface area contributed by atoms with Gasteiger partial charge in [-0.05, 0) is 45.9 Å². The summed E-state index contributed by atoms with van der Waals surface area (Å²) in [6.07, 6.45) is 3.24. The third-order valence-electron chi connectivity index (χ3n) is 5.37. The molecule has 1 atom stereocenters. The van der Waals surface area contributed by atoms with E-state index >= 15 is 0 Å². The quantitative estimate of drug-likeness (QED) is 0.637. The lowest BCUT2D eigenvalue weighted by atomic mass is 9.80. The van der Waals surface area contributed by atoms with Crippen molar-refractivity contribution in [3.05, 3.63) is 48.3 Å². The first-order valence-corrected chi connectivity index (χ1v) is 10.2. The summed E-state index contributed by atoms with van der Waals surface area (Å²) in [4.78, 5) is 7.21. The molecule has 4 rings (SSSR count). The van der Waals surface area contributed by atoms with Gasteiger partial charge in [-0.3, -0.25) is 4.72 Å². The molecule has 3 heterocycles. The Morgan fingerprint density at radius 2 is 1.83 bits per heavy atom. The van der Waals surface area contributed by atoms with E-state index in [1.165, 1.54) is 0 Å². The van der Waals surface area contributed by atoms with Crippen molar-refractivity contribution in [1.82, 2.24) is 9.97 Å². The second kappa shape index (κ2) is 6.89. The van der Waals surface area contributed by atoms with Crippen LogP contribution in [0.1, 0.15) is 27.7 Å². The van der Waals surface area contributed by atoms with Crippen LogP contribution in [-0.2, 0) is 20.3 Å². The normalized spacial score (nSPS) is 18.9. The van der Waals surface area contributed by atoms with Gasteiger partial charge in [0.15, 0.2) is 11.0 Å². The number of anilines is 1. The number of hydrogen-bond donors (Lipinski definition) is 2. The lowest BCUT2D eigenvalue weighted by Crippen LogP contribution is -2.41. The molecule has 0 amide bonds. The van der Waals surface area contributed by atoms with E-state index in [1.807, 2.05) is 33.8 Å². The van der Waals surface area contributed by atoms with Crippen molar-refractivity contribution in [2.45, 2.75) is 43.8 Å². The Bertz CT molecular complexity index is 1100. The van der Waals surface area contributed by atoms with E-state index in [4.69, 9.17) is 9.31 Å². The molecule has 0 radical (unpaired) electrons. The molecule has 0 bridgehead atoms. The van der Waals surface area contributed by atoms with Crippen LogP contribution in [0.25, 0.3) is 11.0 Å². The van der Waals surface area contributed by atoms with Crippen molar-refractivity contribution in [2.24, 2.45) is 0 Å². The molecule has 10 heteroatoms. The van der Waals surface area contributed by atoms with Crippen LogP contribution in [0, 0.1) is 11.6 Å². The molecule has 0 saturated carbocycles. The molecule has 0 spiro atoms. The minimum Gasteiger partial charge on any atom is -0.399 e. The van der Waals surface area contributed by atoms with Gasteiger partial charge in [-0.25, -0.2) is 18.0 Å². The number of pyridine rings is 1. The van der Waals surface area contributed by atoms with Crippen LogP contribution < -0.4 is 10.2 Å². The van der Waals surface area contributed by atoms with Gasteiger partial charge in [-0.15, -0.1) is 0 Å². The molecule has 1 aliphatic heterocycles. The van der Waals surface area contributed by atoms with Gasteiger partial charge in [0.1, 0.15) is 17.3 Å². The number of nitrogens with zero attached hydrogens (tertiary/aromatic N) is 1. The fourth-order valence-electron chi connectivity index (χ4n) is 2.99. The summed E-state index contributed by atoms with van der Waals surface area (Å²) in [5.41, 5.74) is 0.746. The molecule has 6 nitrogen and oxygen atoms in total. The van der Waals surface area contributed by atoms with Gasteiger partial charge in [-0.2, -0.15) is 0 Å². The number of fused-ring (bicyclic) bond motifs is 1. The standard InChI is InChI=1S/C19H20BF2N3O3S/c1-18(2)19(3,4)28-20(27-18)11-7-13-15(10-24-17(13)23-9-11)25-29(26)16-6-5-12(21)8-14(16)22/h5-10,25H,1-4H3,(H,23,24). The molecule has 0 aliphatic carbocycles. The number of aromatic nitrogens is 2. The van der Waals surface area contributed by atoms with Crippen molar-refractivity contribution in [2.75, 3.05) is 4.72 Å². The van der Waals surface area contributed by atoms with Gasteiger partial charge in [0.25, 0.3) is 0 Å². The van der Waals surface area contributed by atoms with E-state index in [9.17, 15) is 13.0 Å². The summed E-state index contributed by atoms with van der Waals surface area (Å²) in [5, 5.41) is 0.646. The van der Waals surface area contributed by atoms with Crippen LogP contribution in [0.15, 0.2) is 41.6 Å². The monoisotopic (exact) mass is 419 g/mol. The maximum absolute atomic E-state index is 13.9. The van der Waals surface area contributed by atoms with Crippen LogP contribution in [0.3, 0.4) is 0 Å². The number of nitrogens with one attached hydrogen (secondary N) is 2. The van der Waals surface area contributed by atoms with Gasteiger partial charge < -0.3 is 14.3 Å². The van der Waals surface area contributed by atoms with Crippen molar-refractivity contribution >= 4 is 40.3 Å². The fourth-order valence-corrected chi connectivity index (χ4v) is 3.90. The molecule has 3 aromatic rings. The zero-order chi connectivity index (χ0) is 21.0. The van der Waals surface area contributed by atoms with Crippen LogP contribution in [0.4, 0.5) is 14.5 Å². The summed E-state index contributed by atoms with van der Waals surface area (Å²) >= 11 is 0. The molecule has 29 heavy (non-hydrogen) atoms. The molecule has 1 aromatic carbocycles. The Hall–Kier alpha value is -2.30. The summed E-state index contributed by atoms with van der Waals surface area (Å²) in [5.74, 6) is -1.61. The maximum Gasteiger partial charge on any atom is 0.496 e.